The monoisotopic (exact) mass is 319 g/mol. The van der Waals surface area contributed by atoms with Crippen molar-refractivity contribution in [2.45, 2.75) is 19.2 Å². The van der Waals surface area contributed by atoms with E-state index in [4.69, 9.17) is 0 Å². The van der Waals surface area contributed by atoms with E-state index in [2.05, 4.69) is 0 Å². The first kappa shape index (κ1) is 15.0. The van der Waals surface area contributed by atoms with E-state index in [0.717, 1.165) is 22.9 Å². The van der Waals surface area contributed by atoms with Gasteiger partial charge in [-0.3, -0.25) is 9.69 Å². The zero-order valence-corrected chi connectivity index (χ0v) is 13.1. The molecule has 5 heteroatoms. The summed E-state index contributed by atoms with van der Waals surface area (Å²) in [6.07, 6.45) is 0. The van der Waals surface area contributed by atoms with Crippen molar-refractivity contribution in [1.29, 1.82) is 0 Å². The predicted octanol–water partition coefficient (Wildman–Crippen LogP) is 4.36. The molecular weight excluding hydrogens is 304 g/mol. The van der Waals surface area contributed by atoms with Crippen molar-refractivity contribution in [3.05, 3.63) is 64.7 Å². The second-order valence-corrected chi connectivity index (χ2v) is 6.49. The van der Waals surface area contributed by atoms with Gasteiger partial charge in [-0.1, -0.05) is 17.7 Å². The molecule has 0 bridgehead atoms. The lowest BCUT2D eigenvalue weighted by molar-refractivity contribution is -0.115. The highest BCUT2D eigenvalue weighted by molar-refractivity contribution is 8.00. The van der Waals surface area contributed by atoms with Gasteiger partial charge in [0.15, 0.2) is 0 Å². The molecule has 0 aliphatic carbocycles. The third kappa shape index (κ3) is 2.73. The van der Waals surface area contributed by atoms with Gasteiger partial charge in [-0.2, -0.15) is 0 Å². The van der Waals surface area contributed by atoms with Crippen molar-refractivity contribution in [1.82, 2.24) is 0 Å². The van der Waals surface area contributed by atoms with Crippen molar-refractivity contribution in [3.63, 3.8) is 0 Å². The van der Waals surface area contributed by atoms with Gasteiger partial charge in [0, 0.05) is 11.8 Å². The van der Waals surface area contributed by atoms with Crippen LogP contribution in [0.1, 0.15) is 22.1 Å². The van der Waals surface area contributed by atoms with Crippen LogP contribution in [0.2, 0.25) is 0 Å². The molecule has 0 aromatic heterocycles. The van der Waals surface area contributed by atoms with E-state index in [-0.39, 0.29) is 5.91 Å². The van der Waals surface area contributed by atoms with Gasteiger partial charge in [-0.25, -0.2) is 8.78 Å². The highest BCUT2D eigenvalue weighted by Gasteiger charge is 2.35. The summed E-state index contributed by atoms with van der Waals surface area (Å²) in [6.45, 7) is 3.92. The Kier molecular flexibility index (Phi) is 3.91. The third-order valence-corrected chi connectivity index (χ3v) is 4.86. The van der Waals surface area contributed by atoms with Crippen LogP contribution in [0.15, 0.2) is 36.4 Å². The Morgan fingerprint density at radius 3 is 2.41 bits per heavy atom. The Balaban J connectivity index is 2.05. The molecule has 22 heavy (non-hydrogen) atoms. The summed E-state index contributed by atoms with van der Waals surface area (Å²) in [5.41, 5.74) is 3.33. The van der Waals surface area contributed by atoms with E-state index >= 15 is 0 Å². The zero-order valence-electron chi connectivity index (χ0n) is 12.3. The summed E-state index contributed by atoms with van der Waals surface area (Å²) >= 11 is 1.38. The Hall–Kier alpha value is -1.88. The molecule has 0 N–H and O–H groups in total. The molecule has 1 atom stereocenters. The molecule has 1 heterocycles. The van der Waals surface area contributed by atoms with Crippen LogP contribution < -0.4 is 4.90 Å². The molecule has 1 aliphatic heterocycles. The number of aryl methyl sites for hydroxylation is 2. The number of halogens is 2. The fourth-order valence-electron chi connectivity index (χ4n) is 2.72. The number of amides is 1. The normalized spacial score (nSPS) is 18.1. The van der Waals surface area contributed by atoms with E-state index in [0.29, 0.717) is 11.3 Å². The molecule has 2 aromatic carbocycles. The van der Waals surface area contributed by atoms with Crippen LogP contribution in [0.4, 0.5) is 14.5 Å². The number of nitrogens with zero attached hydrogens (tertiary/aromatic N) is 1. The highest BCUT2D eigenvalue weighted by atomic mass is 32.2. The SMILES string of the molecule is Cc1ccc(N2C(=O)CSC2c2cc(F)cc(F)c2)c(C)c1. The number of hydrogen-bond acceptors (Lipinski definition) is 2. The predicted molar refractivity (Wildman–Crippen MR) is 85.0 cm³/mol. The van der Waals surface area contributed by atoms with Crippen LogP contribution in [-0.2, 0) is 4.79 Å². The number of carbonyl (C=O) groups excluding carboxylic acids is 1. The molecule has 0 saturated carbocycles. The summed E-state index contributed by atoms with van der Waals surface area (Å²) in [7, 11) is 0. The Bertz CT molecular complexity index is 727. The average Bonchev–Trinajstić information content (AvgIpc) is 2.80. The first-order valence-corrected chi connectivity index (χ1v) is 7.97. The van der Waals surface area contributed by atoms with Crippen molar-refractivity contribution in [2.24, 2.45) is 0 Å². The summed E-state index contributed by atoms with van der Waals surface area (Å²) in [6, 6.07) is 9.23. The molecule has 1 amide bonds. The van der Waals surface area contributed by atoms with Gasteiger partial charge in [0.25, 0.3) is 0 Å². The lowest BCUT2D eigenvalue weighted by Crippen LogP contribution is -2.28. The molecule has 1 aliphatic rings. The van der Waals surface area contributed by atoms with Crippen LogP contribution in [-0.4, -0.2) is 11.7 Å². The highest BCUT2D eigenvalue weighted by Crippen LogP contribution is 2.43. The average molecular weight is 319 g/mol. The molecule has 0 radical (unpaired) electrons. The van der Waals surface area contributed by atoms with E-state index in [1.54, 1.807) is 4.90 Å². The lowest BCUT2D eigenvalue weighted by atomic mass is 10.1. The smallest absolute Gasteiger partial charge is 0.238 e. The molecule has 2 nitrogen and oxygen atoms in total. The number of hydrogen-bond donors (Lipinski definition) is 0. The van der Waals surface area contributed by atoms with Crippen LogP contribution in [0.5, 0.6) is 0 Å². The summed E-state index contributed by atoms with van der Waals surface area (Å²) in [5, 5.41) is -0.404. The molecular formula is C17H15F2NOS. The molecule has 3 rings (SSSR count). The van der Waals surface area contributed by atoms with E-state index in [1.165, 1.54) is 23.9 Å². The first-order valence-electron chi connectivity index (χ1n) is 6.92. The number of anilines is 1. The minimum Gasteiger partial charge on any atom is -0.295 e. The van der Waals surface area contributed by atoms with Crippen molar-refractivity contribution >= 4 is 23.4 Å². The number of thioether (sulfide) groups is 1. The van der Waals surface area contributed by atoms with Crippen LogP contribution >= 0.6 is 11.8 Å². The fraction of sp³-hybridized carbons (Fsp3) is 0.235. The van der Waals surface area contributed by atoms with Crippen molar-refractivity contribution in [2.75, 3.05) is 10.7 Å². The Morgan fingerprint density at radius 2 is 1.77 bits per heavy atom. The van der Waals surface area contributed by atoms with E-state index in [1.807, 2.05) is 32.0 Å². The maximum Gasteiger partial charge on any atom is 0.238 e. The molecule has 0 spiro atoms. The van der Waals surface area contributed by atoms with Gasteiger partial charge in [-0.05, 0) is 43.2 Å². The summed E-state index contributed by atoms with van der Waals surface area (Å²) in [5.74, 6) is -1.01. The molecule has 1 fully saturated rings. The Labute approximate surface area is 132 Å². The van der Waals surface area contributed by atoms with Gasteiger partial charge in [0.1, 0.15) is 17.0 Å². The van der Waals surface area contributed by atoms with Crippen LogP contribution in [0, 0.1) is 25.5 Å². The largest absolute Gasteiger partial charge is 0.295 e. The maximum atomic E-state index is 13.5. The number of carbonyl (C=O) groups is 1. The second-order valence-electron chi connectivity index (χ2n) is 5.42. The van der Waals surface area contributed by atoms with Crippen LogP contribution in [0.25, 0.3) is 0 Å². The minimum absolute atomic E-state index is 0.0494. The zero-order chi connectivity index (χ0) is 15.9. The summed E-state index contributed by atoms with van der Waals surface area (Å²) < 4.78 is 27.0. The topological polar surface area (TPSA) is 20.3 Å². The fourth-order valence-corrected chi connectivity index (χ4v) is 3.87. The molecule has 2 aromatic rings. The second kappa shape index (κ2) is 5.72. The van der Waals surface area contributed by atoms with Gasteiger partial charge in [-0.15, -0.1) is 11.8 Å². The van der Waals surface area contributed by atoms with Crippen molar-refractivity contribution < 1.29 is 13.6 Å². The van der Waals surface area contributed by atoms with Gasteiger partial charge >= 0.3 is 0 Å². The molecule has 1 saturated heterocycles. The number of rotatable bonds is 2. The minimum atomic E-state index is -0.629. The summed E-state index contributed by atoms with van der Waals surface area (Å²) in [4.78, 5) is 13.9. The first-order chi connectivity index (χ1) is 10.5. The van der Waals surface area contributed by atoms with Gasteiger partial charge in [0.05, 0.1) is 5.75 Å². The quantitative estimate of drug-likeness (QED) is 0.820. The number of benzene rings is 2. The lowest BCUT2D eigenvalue weighted by Gasteiger charge is -2.26. The third-order valence-electron chi connectivity index (χ3n) is 3.65. The van der Waals surface area contributed by atoms with E-state index in [9.17, 15) is 13.6 Å². The maximum absolute atomic E-state index is 13.5. The Morgan fingerprint density at radius 1 is 1.09 bits per heavy atom. The molecule has 1 unspecified atom stereocenters. The van der Waals surface area contributed by atoms with Crippen molar-refractivity contribution in [3.8, 4) is 0 Å². The van der Waals surface area contributed by atoms with Gasteiger partial charge in [0.2, 0.25) is 5.91 Å². The molecule has 114 valence electrons. The standard InChI is InChI=1S/C17H15F2NOS/c1-10-3-4-15(11(2)5-10)20-16(21)9-22-17(20)12-6-13(18)8-14(19)7-12/h3-8,17H,9H2,1-2H3. The van der Waals surface area contributed by atoms with E-state index < -0.39 is 17.0 Å². The van der Waals surface area contributed by atoms with Gasteiger partial charge < -0.3 is 0 Å². The van der Waals surface area contributed by atoms with Crippen LogP contribution in [0.3, 0.4) is 0 Å².